The topological polar surface area (TPSA) is 12.5 Å². The van der Waals surface area contributed by atoms with E-state index in [2.05, 4.69) is 18.4 Å². The van der Waals surface area contributed by atoms with Crippen LogP contribution in [0.4, 0.5) is 0 Å². The molecule has 0 amide bonds. The van der Waals surface area contributed by atoms with Crippen molar-refractivity contribution in [2.75, 3.05) is 26.3 Å². The van der Waals surface area contributed by atoms with Gasteiger partial charge in [-0.15, -0.1) is 0 Å². The third-order valence-electron chi connectivity index (χ3n) is 3.77. The van der Waals surface area contributed by atoms with E-state index in [4.69, 9.17) is 4.74 Å². The van der Waals surface area contributed by atoms with Gasteiger partial charge in [-0.1, -0.05) is 12.2 Å². The Labute approximate surface area is 93.3 Å². The van der Waals surface area contributed by atoms with Gasteiger partial charge in [0.2, 0.25) is 0 Å². The highest BCUT2D eigenvalue weighted by Gasteiger charge is 2.27. The molecule has 2 aliphatic rings. The highest BCUT2D eigenvalue weighted by Crippen LogP contribution is 2.26. The molecule has 0 aromatic rings. The van der Waals surface area contributed by atoms with Crippen LogP contribution < -0.4 is 0 Å². The molecular weight excluding hydrogens is 186 g/mol. The molecule has 2 saturated heterocycles. The fourth-order valence-corrected chi connectivity index (χ4v) is 2.86. The van der Waals surface area contributed by atoms with E-state index in [1.54, 1.807) is 0 Å². The predicted molar refractivity (Wildman–Crippen MR) is 63.0 cm³/mol. The maximum atomic E-state index is 5.40. The van der Waals surface area contributed by atoms with Gasteiger partial charge >= 0.3 is 0 Å². The summed E-state index contributed by atoms with van der Waals surface area (Å²) in [4.78, 5) is 2.64. The number of likely N-dealkylation sites (tertiary alicyclic amines) is 1. The summed E-state index contributed by atoms with van der Waals surface area (Å²) < 4.78 is 5.40. The van der Waals surface area contributed by atoms with Gasteiger partial charge in [-0.2, -0.15) is 0 Å². The van der Waals surface area contributed by atoms with Crippen molar-refractivity contribution >= 4 is 0 Å². The summed E-state index contributed by atoms with van der Waals surface area (Å²) in [5.74, 6) is 0.860. The lowest BCUT2D eigenvalue weighted by Crippen LogP contribution is -2.36. The fraction of sp³-hybridized carbons (Fsp3) is 0.846. The largest absolute Gasteiger partial charge is 0.381 e. The summed E-state index contributed by atoms with van der Waals surface area (Å²) >= 11 is 0. The number of nitrogens with zero attached hydrogens (tertiary/aromatic N) is 1. The third kappa shape index (κ3) is 2.82. The Balaban J connectivity index is 1.84. The summed E-state index contributed by atoms with van der Waals surface area (Å²) in [6.07, 6.45) is 5.16. The molecule has 2 heteroatoms. The lowest BCUT2D eigenvalue weighted by Gasteiger charge is -2.31. The Kier molecular flexibility index (Phi) is 3.81. The zero-order chi connectivity index (χ0) is 10.7. The van der Waals surface area contributed by atoms with E-state index >= 15 is 0 Å². The van der Waals surface area contributed by atoms with Crippen LogP contribution in [0, 0.1) is 5.92 Å². The van der Waals surface area contributed by atoms with Crippen LogP contribution in [-0.2, 0) is 4.74 Å². The first-order valence-electron chi connectivity index (χ1n) is 6.24. The van der Waals surface area contributed by atoms with E-state index in [0.717, 1.165) is 19.1 Å². The Morgan fingerprint density at radius 2 is 2.07 bits per heavy atom. The summed E-state index contributed by atoms with van der Waals surface area (Å²) in [6.45, 7) is 10.8. The molecule has 0 aromatic heterocycles. The van der Waals surface area contributed by atoms with Crippen molar-refractivity contribution in [3.63, 3.8) is 0 Å². The smallest absolute Gasteiger partial charge is 0.0469 e. The number of ether oxygens (including phenoxy) is 1. The molecule has 0 spiro atoms. The van der Waals surface area contributed by atoms with E-state index in [1.807, 2.05) is 0 Å². The average molecular weight is 209 g/mol. The zero-order valence-electron chi connectivity index (χ0n) is 9.87. The highest BCUT2D eigenvalue weighted by molar-refractivity contribution is 5.05. The van der Waals surface area contributed by atoms with Crippen molar-refractivity contribution in [1.29, 1.82) is 0 Å². The summed E-state index contributed by atoms with van der Waals surface area (Å²) in [7, 11) is 0. The zero-order valence-corrected chi connectivity index (χ0v) is 9.87. The number of hydrogen-bond acceptors (Lipinski definition) is 2. The first kappa shape index (κ1) is 11.2. The Bertz CT molecular complexity index is 221. The van der Waals surface area contributed by atoms with Crippen molar-refractivity contribution in [2.24, 2.45) is 5.92 Å². The fourth-order valence-electron chi connectivity index (χ4n) is 2.86. The van der Waals surface area contributed by atoms with E-state index in [1.165, 1.54) is 44.3 Å². The predicted octanol–water partition coefficient (Wildman–Crippen LogP) is 2.45. The molecule has 1 atom stereocenters. The van der Waals surface area contributed by atoms with Crippen molar-refractivity contribution < 1.29 is 4.74 Å². The third-order valence-corrected chi connectivity index (χ3v) is 3.77. The van der Waals surface area contributed by atoms with Crippen LogP contribution in [0.25, 0.3) is 0 Å². The average Bonchev–Trinajstić information content (AvgIpc) is 2.67. The minimum atomic E-state index is 0.660. The van der Waals surface area contributed by atoms with E-state index in [-0.39, 0.29) is 0 Å². The molecule has 2 nitrogen and oxygen atoms in total. The molecule has 0 bridgehead atoms. The molecule has 0 aliphatic carbocycles. The van der Waals surface area contributed by atoms with Gasteiger partial charge in [0, 0.05) is 25.8 Å². The molecule has 0 radical (unpaired) electrons. The van der Waals surface area contributed by atoms with Gasteiger partial charge in [0.15, 0.2) is 0 Å². The minimum Gasteiger partial charge on any atom is -0.381 e. The minimum absolute atomic E-state index is 0.660. The molecule has 2 fully saturated rings. The normalized spacial score (nSPS) is 29.5. The molecule has 0 N–H and O–H groups in total. The standard InChI is InChI=1S/C13H23NO/c1-11(2)13-4-3-7-14(13)10-12-5-8-15-9-6-12/h12-13H,1,3-10H2,2H3. The maximum Gasteiger partial charge on any atom is 0.0469 e. The van der Waals surface area contributed by atoms with E-state index in [9.17, 15) is 0 Å². The van der Waals surface area contributed by atoms with Gasteiger partial charge in [0.05, 0.1) is 0 Å². The quantitative estimate of drug-likeness (QED) is 0.662. The first-order valence-corrected chi connectivity index (χ1v) is 6.24. The van der Waals surface area contributed by atoms with Crippen LogP contribution in [0.1, 0.15) is 32.6 Å². The van der Waals surface area contributed by atoms with Gasteiger partial charge in [-0.05, 0) is 45.1 Å². The van der Waals surface area contributed by atoms with Crippen LogP contribution in [0.15, 0.2) is 12.2 Å². The molecule has 1 unspecified atom stereocenters. The van der Waals surface area contributed by atoms with Gasteiger partial charge in [-0.25, -0.2) is 0 Å². The van der Waals surface area contributed by atoms with Crippen molar-refractivity contribution in [3.05, 3.63) is 12.2 Å². The van der Waals surface area contributed by atoms with Crippen LogP contribution in [0.2, 0.25) is 0 Å². The van der Waals surface area contributed by atoms with Crippen LogP contribution in [-0.4, -0.2) is 37.2 Å². The molecule has 2 rings (SSSR count). The van der Waals surface area contributed by atoms with Crippen molar-refractivity contribution in [2.45, 2.75) is 38.6 Å². The van der Waals surface area contributed by atoms with Crippen LogP contribution >= 0.6 is 0 Å². The van der Waals surface area contributed by atoms with Crippen molar-refractivity contribution in [3.8, 4) is 0 Å². The second kappa shape index (κ2) is 5.13. The molecule has 2 heterocycles. The van der Waals surface area contributed by atoms with E-state index < -0.39 is 0 Å². The Hall–Kier alpha value is -0.340. The van der Waals surface area contributed by atoms with Gasteiger partial charge in [0.1, 0.15) is 0 Å². The molecule has 86 valence electrons. The first-order chi connectivity index (χ1) is 7.27. The number of rotatable bonds is 3. The highest BCUT2D eigenvalue weighted by atomic mass is 16.5. The van der Waals surface area contributed by atoms with Crippen LogP contribution in [0.3, 0.4) is 0 Å². The monoisotopic (exact) mass is 209 g/mol. The van der Waals surface area contributed by atoms with Crippen molar-refractivity contribution in [1.82, 2.24) is 4.90 Å². The number of hydrogen-bond donors (Lipinski definition) is 0. The lowest BCUT2D eigenvalue weighted by atomic mass is 9.98. The molecule has 0 saturated carbocycles. The van der Waals surface area contributed by atoms with Gasteiger partial charge < -0.3 is 4.74 Å². The van der Waals surface area contributed by atoms with Crippen LogP contribution in [0.5, 0.6) is 0 Å². The second-order valence-electron chi connectivity index (χ2n) is 5.06. The second-order valence-corrected chi connectivity index (χ2v) is 5.06. The molecular formula is C13H23NO. The molecule has 0 aromatic carbocycles. The molecule has 15 heavy (non-hydrogen) atoms. The SMILES string of the molecule is C=C(C)C1CCCN1CC1CCOCC1. The summed E-state index contributed by atoms with van der Waals surface area (Å²) in [5, 5.41) is 0. The molecule has 2 aliphatic heterocycles. The summed E-state index contributed by atoms with van der Waals surface area (Å²) in [5.41, 5.74) is 1.35. The Morgan fingerprint density at radius 3 is 2.73 bits per heavy atom. The maximum absolute atomic E-state index is 5.40. The van der Waals surface area contributed by atoms with Gasteiger partial charge in [-0.3, -0.25) is 4.90 Å². The lowest BCUT2D eigenvalue weighted by molar-refractivity contribution is 0.0524. The Morgan fingerprint density at radius 1 is 1.33 bits per heavy atom. The summed E-state index contributed by atoms with van der Waals surface area (Å²) in [6, 6.07) is 0.660. The van der Waals surface area contributed by atoms with Gasteiger partial charge in [0.25, 0.3) is 0 Å². The van der Waals surface area contributed by atoms with E-state index in [0.29, 0.717) is 6.04 Å².